The second-order valence-corrected chi connectivity index (χ2v) is 5.31. The number of benzene rings is 1. The van der Waals surface area contributed by atoms with Crippen molar-refractivity contribution in [3.8, 4) is 0 Å². The zero-order valence-corrected chi connectivity index (χ0v) is 10.2. The van der Waals surface area contributed by atoms with Crippen molar-refractivity contribution in [2.24, 2.45) is 5.73 Å². The van der Waals surface area contributed by atoms with Crippen LogP contribution in [0, 0.1) is 12.7 Å². The lowest BCUT2D eigenvalue weighted by Crippen LogP contribution is -2.40. The summed E-state index contributed by atoms with van der Waals surface area (Å²) in [6.45, 7) is 1.95. The second kappa shape index (κ2) is 4.75. The minimum absolute atomic E-state index is 0.212. The molecule has 2 nitrogen and oxygen atoms in total. The number of rotatable bonds is 2. The Morgan fingerprint density at radius 3 is 2.71 bits per heavy atom. The first kappa shape index (κ1) is 12.5. The Bertz CT molecular complexity index is 397. The topological polar surface area (TPSA) is 46.2 Å². The lowest BCUT2D eigenvalue weighted by Gasteiger charge is -2.35. The van der Waals surface area contributed by atoms with E-state index in [-0.39, 0.29) is 11.9 Å². The molecule has 0 bridgehead atoms. The second-order valence-electron chi connectivity index (χ2n) is 5.31. The minimum atomic E-state index is -0.700. The van der Waals surface area contributed by atoms with E-state index in [1.54, 1.807) is 6.07 Å². The van der Waals surface area contributed by atoms with Gasteiger partial charge in [0.15, 0.2) is 0 Å². The highest BCUT2D eigenvalue weighted by Crippen LogP contribution is 2.31. The molecule has 3 N–H and O–H groups in total. The molecule has 1 aromatic rings. The minimum Gasteiger partial charge on any atom is -0.390 e. The van der Waals surface area contributed by atoms with Crippen molar-refractivity contribution in [3.63, 3.8) is 0 Å². The van der Waals surface area contributed by atoms with E-state index in [1.807, 2.05) is 6.92 Å². The molecule has 1 aliphatic rings. The van der Waals surface area contributed by atoms with Gasteiger partial charge in [0, 0.05) is 12.5 Å². The molecule has 0 aliphatic heterocycles. The number of hydrogen-bond acceptors (Lipinski definition) is 2. The predicted molar refractivity (Wildman–Crippen MR) is 66.2 cm³/mol. The fourth-order valence-electron chi connectivity index (χ4n) is 2.54. The summed E-state index contributed by atoms with van der Waals surface area (Å²) in [5, 5.41) is 10.5. The standard InChI is InChI=1S/C14H20FNO/c1-10-2-3-12(15)8-11(10)9-14(17)6-4-13(16)5-7-14/h2-3,8,13,17H,4-7,9,16H2,1H3. The molecule has 0 radical (unpaired) electrons. The van der Waals surface area contributed by atoms with Gasteiger partial charge < -0.3 is 10.8 Å². The molecule has 0 unspecified atom stereocenters. The lowest BCUT2D eigenvalue weighted by atomic mass is 9.78. The van der Waals surface area contributed by atoms with Gasteiger partial charge in [0.05, 0.1) is 5.60 Å². The van der Waals surface area contributed by atoms with Crippen LogP contribution < -0.4 is 5.73 Å². The average molecular weight is 237 g/mol. The molecule has 0 saturated heterocycles. The fraction of sp³-hybridized carbons (Fsp3) is 0.571. The summed E-state index contributed by atoms with van der Waals surface area (Å²) in [6, 6.07) is 4.97. The van der Waals surface area contributed by atoms with Crippen LogP contribution >= 0.6 is 0 Å². The van der Waals surface area contributed by atoms with Gasteiger partial charge in [-0.3, -0.25) is 0 Å². The Morgan fingerprint density at radius 1 is 1.41 bits per heavy atom. The van der Waals surface area contributed by atoms with E-state index in [0.29, 0.717) is 19.3 Å². The Hall–Kier alpha value is -0.930. The molecule has 2 rings (SSSR count). The molecule has 0 heterocycles. The van der Waals surface area contributed by atoms with E-state index < -0.39 is 5.60 Å². The summed E-state index contributed by atoms with van der Waals surface area (Å²) in [5.41, 5.74) is 7.07. The van der Waals surface area contributed by atoms with Gasteiger partial charge in [-0.1, -0.05) is 6.07 Å². The highest BCUT2D eigenvalue weighted by molar-refractivity contribution is 5.28. The molecule has 0 spiro atoms. The molecule has 3 heteroatoms. The van der Waals surface area contributed by atoms with Crippen LogP contribution in [-0.2, 0) is 6.42 Å². The van der Waals surface area contributed by atoms with Gasteiger partial charge in [-0.05, 0) is 55.9 Å². The Balaban J connectivity index is 2.12. The third-order valence-corrected chi connectivity index (χ3v) is 3.79. The van der Waals surface area contributed by atoms with Crippen molar-refractivity contribution < 1.29 is 9.50 Å². The summed E-state index contributed by atoms with van der Waals surface area (Å²) in [4.78, 5) is 0. The first-order chi connectivity index (χ1) is 7.98. The normalized spacial score (nSPS) is 29.3. The van der Waals surface area contributed by atoms with Crippen molar-refractivity contribution in [2.75, 3.05) is 0 Å². The number of hydrogen-bond donors (Lipinski definition) is 2. The molecule has 17 heavy (non-hydrogen) atoms. The third kappa shape index (κ3) is 3.05. The summed E-state index contributed by atoms with van der Waals surface area (Å²) in [6.07, 6.45) is 3.66. The molecule has 1 saturated carbocycles. The first-order valence-corrected chi connectivity index (χ1v) is 6.21. The third-order valence-electron chi connectivity index (χ3n) is 3.79. The van der Waals surface area contributed by atoms with Crippen molar-refractivity contribution >= 4 is 0 Å². The van der Waals surface area contributed by atoms with Crippen molar-refractivity contribution in [1.29, 1.82) is 0 Å². The number of halogens is 1. The van der Waals surface area contributed by atoms with Gasteiger partial charge in [-0.25, -0.2) is 4.39 Å². The van der Waals surface area contributed by atoms with E-state index >= 15 is 0 Å². The Kier molecular flexibility index (Phi) is 3.50. The van der Waals surface area contributed by atoms with Crippen LogP contribution in [0.5, 0.6) is 0 Å². The Labute approximate surface area is 102 Å². The maximum Gasteiger partial charge on any atom is 0.123 e. The van der Waals surface area contributed by atoms with Crippen molar-refractivity contribution in [1.82, 2.24) is 0 Å². The molecular weight excluding hydrogens is 217 g/mol. The van der Waals surface area contributed by atoms with Crippen LogP contribution in [0.15, 0.2) is 18.2 Å². The molecule has 1 fully saturated rings. The molecule has 1 aliphatic carbocycles. The fourth-order valence-corrected chi connectivity index (χ4v) is 2.54. The molecule has 0 atom stereocenters. The van der Waals surface area contributed by atoms with E-state index in [1.165, 1.54) is 12.1 Å². The first-order valence-electron chi connectivity index (χ1n) is 6.21. The monoisotopic (exact) mass is 237 g/mol. The van der Waals surface area contributed by atoms with Crippen LogP contribution in [0.4, 0.5) is 4.39 Å². The highest BCUT2D eigenvalue weighted by Gasteiger charge is 2.32. The average Bonchev–Trinajstić information content (AvgIpc) is 2.28. The van der Waals surface area contributed by atoms with Gasteiger partial charge in [-0.15, -0.1) is 0 Å². The quantitative estimate of drug-likeness (QED) is 0.829. The predicted octanol–water partition coefficient (Wildman–Crippen LogP) is 2.31. The number of aliphatic hydroxyl groups is 1. The van der Waals surface area contributed by atoms with Crippen molar-refractivity contribution in [2.45, 2.75) is 50.7 Å². The number of aryl methyl sites for hydroxylation is 1. The Morgan fingerprint density at radius 2 is 2.06 bits per heavy atom. The smallest absolute Gasteiger partial charge is 0.123 e. The lowest BCUT2D eigenvalue weighted by molar-refractivity contribution is 0.0000491. The van der Waals surface area contributed by atoms with Gasteiger partial charge in [-0.2, -0.15) is 0 Å². The van der Waals surface area contributed by atoms with Crippen LogP contribution in [0.2, 0.25) is 0 Å². The van der Waals surface area contributed by atoms with E-state index in [4.69, 9.17) is 5.73 Å². The zero-order chi connectivity index (χ0) is 12.5. The van der Waals surface area contributed by atoms with Crippen LogP contribution in [0.25, 0.3) is 0 Å². The SMILES string of the molecule is Cc1ccc(F)cc1CC1(O)CCC(N)CC1. The summed E-state index contributed by atoms with van der Waals surface area (Å²) in [7, 11) is 0. The van der Waals surface area contributed by atoms with Gasteiger partial charge in [0.25, 0.3) is 0 Å². The molecular formula is C14H20FNO. The van der Waals surface area contributed by atoms with Gasteiger partial charge >= 0.3 is 0 Å². The van der Waals surface area contributed by atoms with Crippen LogP contribution in [0.1, 0.15) is 36.8 Å². The zero-order valence-electron chi connectivity index (χ0n) is 10.2. The number of nitrogens with two attached hydrogens (primary N) is 1. The van der Waals surface area contributed by atoms with Gasteiger partial charge in [0.2, 0.25) is 0 Å². The summed E-state index contributed by atoms with van der Waals surface area (Å²) < 4.78 is 13.2. The van der Waals surface area contributed by atoms with Gasteiger partial charge in [0.1, 0.15) is 5.82 Å². The van der Waals surface area contributed by atoms with E-state index in [9.17, 15) is 9.50 Å². The van der Waals surface area contributed by atoms with Crippen LogP contribution in [-0.4, -0.2) is 16.7 Å². The van der Waals surface area contributed by atoms with Crippen LogP contribution in [0.3, 0.4) is 0 Å². The highest BCUT2D eigenvalue weighted by atomic mass is 19.1. The maximum absolute atomic E-state index is 13.2. The molecule has 94 valence electrons. The van der Waals surface area contributed by atoms with Crippen molar-refractivity contribution in [3.05, 3.63) is 35.1 Å². The summed E-state index contributed by atoms with van der Waals surface area (Å²) in [5.74, 6) is -0.235. The largest absolute Gasteiger partial charge is 0.390 e. The molecule has 1 aromatic carbocycles. The summed E-state index contributed by atoms with van der Waals surface area (Å²) >= 11 is 0. The molecule has 0 aromatic heterocycles. The van der Waals surface area contributed by atoms with E-state index in [2.05, 4.69) is 0 Å². The maximum atomic E-state index is 13.2. The molecule has 0 amide bonds. The van der Waals surface area contributed by atoms with E-state index in [0.717, 1.165) is 24.0 Å².